The molecule has 0 amide bonds. The van der Waals surface area contributed by atoms with Gasteiger partial charge in [-0.25, -0.2) is 4.57 Å². The first kappa shape index (κ1) is 67.2. The summed E-state index contributed by atoms with van der Waals surface area (Å²) in [5, 5.41) is 9.79. The van der Waals surface area contributed by atoms with Crippen molar-refractivity contribution >= 4 is 25.7 Å². The molecule has 0 aliphatic carbocycles. The Morgan fingerprint density at radius 2 is 0.743 bits per heavy atom. The molecule has 0 aromatic carbocycles. The zero-order chi connectivity index (χ0) is 51.3. The lowest BCUT2D eigenvalue weighted by Gasteiger charge is -2.21. The predicted octanol–water partition coefficient (Wildman–Crippen LogP) is 16.4. The smallest absolute Gasteiger partial charge is 0.462 e. The number of aliphatic hydroxyl groups excluding tert-OH is 1. The third-order valence-corrected chi connectivity index (χ3v) is 12.9. The summed E-state index contributed by atoms with van der Waals surface area (Å²) in [4.78, 5) is 48.4. The highest BCUT2D eigenvalue weighted by Crippen LogP contribution is 2.43. The third kappa shape index (κ3) is 50.1. The molecule has 0 aromatic heterocycles. The van der Waals surface area contributed by atoms with E-state index < -0.39 is 57.8 Å². The lowest BCUT2D eigenvalue weighted by molar-refractivity contribution is -0.161. The minimum Gasteiger partial charge on any atom is -0.462 e. The van der Waals surface area contributed by atoms with Crippen molar-refractivity contribution in [3.8, 4) is 0 Å². The number of rotatable bonds is 52. The molecule has 0 spiro atoms. The van der Waals surface area contributed by atoms with Crippen molar-refractivity contribution in [3.05, 3.63) is 60.8 Å². The first-order valence-corrected chi connectivity index (χ1v) is 29.7. The predicted molar refractivity (Wildman–Crippen MR) is 288 cm³/mol. The molecule has 0 fully saturated rings. The van der Waals surface area contributed by atoms with Crippen molar-refractivity contribution in [2.24, 2.45) is 0 Å². The summed E-state index contributed by atoms with van der Waals surface area (Å²) >= 11 is 0. The van der Waals surface area contributed by atoms with Gasteiger partial charge in [-0.2, -0.15) is 0 Å². The van der Waals surface area contributed by atoms with Crippen LogP contribution < -0.4 is 0 Å². The fourth-order valence-electron chi connectivity index (χ4n) is 7.64. The number of ether oxygens (including phenoxy) is 3. The van der Waals surface area contributed by atoms with Crippen LogP contribution in [0, 0.1) is 0 Å². The zero-order valence-corrected chi connectivity index (χ0v) is 45.6. The van der Waals surface area contributed by atoms with Gasteiger partial charge in [-0.15, -0.1) is 0 Å². The molecule has 0 aliphatic heterocycles. The van der Waals surface area contributed by atoms with Crippen LogP contribution in [0.25, 0.3) is 0 Å². The molecule has 0 saturated heterocycles. The van der Waals surface area contributed by atoms with Gasteiger partial charge in [0, 0.05) is 19.3 Å². The van der Waals surface area contributed by atoms with E-state index in [1.165, 1.54) is 96.3 Å². The number of phosphoric ester groups is 1. The van der Waals surface area contributed by atoms with Crippen LogP contribution in [0.2, 0.25) is 0 Å². The Morgan fingerprint density at radius 1 is 0.414 bits per heavy atom. The second-order valence-corrected chi connectivity index (χ2v) is 20.2. The average Bonchev–Trinajstić information content (AvgIpc) is 3.35. The highest BCUT2D eigenvalue weighted by atomic mass is 31.2. The van der Waals surface area contributed by atoms with Gasteiger partial charge < -0.3 is 24.2 Å². The maximum atomic E-state index is 12.9. The molecule has 3 unspecified atom stereocenters. The second-order valence-electron chi connectivity index (χ2n) is 18.7. The van der Waals surface area contributed by atoms with Crippen LogP contribution in [0.15, 0.2) is 60.8 Å². The number of carbonyl (C=O) groups excluding carboxylic acids is 3. The lowest BCUT2D eigenvalue weighted by Crippen LogP contribution is -2.30. The summed E-state index contributed by atoms with van der Waals surface area (Å²) in [6.07, 6.45) is 56.1. The molecule has 12 heteroatoms. The number of phosphoric acid groups is 1. The lowest BCUT2D eigenvalue weighted by atomic mass is 10.0. The van der Waals surface area contributed by atoms with E-state index >= 15 is 0 Å². The summed E-state index contributed by atoms with van der Waals surface area (Å²) in [5.74, 6) is -1.50. The number of allylic oxidation sites excluding steroid dienone is 10. The Kier molecular flexibility index (Phi) is 50.4. The van der Waals surface area contributed by atoms with Crippen molar-refractivity contribution in [2.75, 3.05) is 26.4 Å². The van der Waals surface area contributed by atoms with Crippen LogP contribution in [-0.2, 0) is 42.2 Å². The molecule has 3 atom stereocenters. The Balaban J connectivity index is 4.75. The van der Waals surface area contributed by atoms with Crippen molar-refractivity contribution in [3.63, 3.8) is 0 Å². The maximum Gasteiger partial charge on any atom is 0.472 e. The normalized spacial score (nSPS) is 13.8. The molecule has 406 valence electrons. The van der Waals surface area contributed by atoms with Crippen LogP contribution in [0.1, 0.15) is 252 Å². The molecular weight excluding hydrogens is 904 g/mol. The first-order chi connectivity index (χ1) is 34.2. The molecule has 0 aromatic rings. The van der Waals surface area contributed by atoms with Gasteiger partial charge >= 0.3 is 25.7 Å². The summed E-state index contributed by atoms with van der Waals surface area (Å²) in [5.41, 5.74) is 0. The first-order valence-electron chi connectivity index (χ1n) is 28.2. The number of esters is 3. The molecule has 0 heterocycles. The Bertz CT molecular complexity index is 1410. The Labute approximate surface area is 427 Å². The standard InChI is InChI=1S/C58H103O11P/c1-4-7-10-13-16-19-22-25-26-27-28-31-34-37-40-43-46-49-58(62)69-55(51-65-56(60)47-44-41-38-35-32-29-23-20-17-14-11-8-5-2)53-67-70(63,64)66-52-54(50-59)68-57(61)48-45-42-39-36-33-30-24-21-18-15-12-9-6-3/h9,12,16,18-19,21,25-26,30,33,54-55,59H,4-8,10-11,13-15,17,20,22-24,27-29,31-32,34-53H2,1-3H3,(H,63,64)/b12-9-,19-16-,21-18-,26-25-,33-30-. The summed E-state index contributed by atoms with van der Waals surface area (Å²) < 4.78 is 39.4. The highest BCUT2D eigenvalue weighted by Gasteiger charge is 2.28. The molecule has 0 saturated carbocycles. The molecule has 0 bridgehead atoms. The Morgan fingerprint density at radius 3 is 1.19 bits per heavy atom. The number of carbonyl (C=O) groups is 3. The highest BCUT2D eigenvalue weighted by molar-refractivity contribution is 7.47. The SMILES string of the molecule is CC/C=C\C/C=C\C/C=C\CCCCCC(=O)OC(CO)COP(=O)(O)OCC(COC(=O)CCCCCCCCCCCCCCC)OC(=O)CCCCCCCCC/C=C\C/C=C\CCCCC. The van der Waals surface area contributed by atoms with Crippen molar-refractivity contribution in [1.82, 2.24) is 0 Å². The number of hydrogen-bond donors (Lipinski definition) is 2. The topological polar surface area (TPSA) is 155 Å². The molecular formula is C58H103O11P. The van der Waals surface area contributed by atoms with Crippen LogP contribution in [0.5, 0.6) is 0 Å². The number of aliphatic hydroxyl groups is 1. The average molecular weight is 1010 g/mol. The van der Waals surface area contributed by atoms with Gasteiger partial charge in [0.2, 0.25) is 0 Å². The van der Waals surface area contributed by atoms with Crippen molar-refractivity contribution in [1.29, 1.82) is 0 Å². The van der Waals surface area contributed by atoms with Crippen LogP contribution in [0.4, 0.5) is 0 Å². The zero-order valence-electron chi connectivity index (χ0n) is 44.7. The quantitative estimate of drug-likeness (QED) is 0.0197. The van der Waals surface area contributed by atoms with Crippen molar-refractivity contribution < 1.29 is 52.2 Å². The van der Waals surface area contributed by atoms with Crippen LogP contribution in [0.3, 0.4) is 0 Å². The maximum absolute atomic E-state index is 12.9. The van der Waals surface area contributed by atoms with E-state index in [2.05, 4.69) is 81.5 Å². The van der Waals surface area contributed by atoms with E-state index in [-0.39, 0.29) is 25.9 Å². The van der Waals surface area contributed by atoms with Crippen molar-refractivity contribution in [2.45, 2.75) is 264 Å². The van der Waals surface area contributed by atoms with Gasteiger partial charge in [0.25, 0.3) is 0 Å². The second kappa shape index (κ2) is 52.5. The van der Waals surface area contributed by atoms with Gasteiger partial charge in [0.15, 0.2) is 6.10 Å². The molecule has 70 heavy (non-hydrogen) atoms. The molecule has 0 rings (SSSR count). The van der Waals surface area contributed by atoms with E-state index in [1.54, 1.807) is 0 Å². The minimum absolute atomic E-state index is 0.141. The van der Waals surface area contributed by atoms with Gasteiger partial charge in [0.1, 0.15) is 12.7 Å². The largest absolute Gasteiger partial charge is 0.472 e. The third-order valence-electron chi connectivity index (χ3n) is 11.9. The van der Waals surface area contributed by atoms with E-state index in [0.29, 0.717) is 19.3 Å². The van der Waals surface area contributed by atoms with E-state index in [9.17, 15) is 28.9 Å². The van der Waals surface area contributed by atoms with E-state index in [0.717, 1.165) is 96.3 Å². The minimum atomic E-state index is -4.75. The molecule has 2 N–H and O–H groups in total. The molecule has 0 aliphatic rings. The van der Waals surface area contributed by atoms with Gasteiger partial charge in [-0.3, -0.25) is 23.4 Å². The Hall–Kier alpha value is -2.82. The number of hydrogen-bond acceptors (Lipinski definition) is 10. The van der Waals surface area contributed by atoms with E-state index in [1.807, 2.05) is 0 Å². The van der Waals surface area contributed by atoms with Gasteiger partial charge in [0.05, 0.1) is 19.8 Å². The molecule has 0 radical (unpaired) electrons. The summed E-state index contributed by atoms with van der Waals surface area (Å²) in [6.45, 7) is 4.47. The monoisotopic (exact) mass is 1010 g/mol. The van der Waals surface area contributed by atoms with Gasteiger partial charge in [-0.1, -0.05) is 210 Å². The summed E-state index contributed by atoms with van der Waals surface area (Å²) in [7, 11) is -4.75. The van der Waals surface area contributed by atoms with Gasteiger partial charge in [-0.05, 0) is 83.5 Å². The fourth-order valence-corrected chi connectivity index (χ4v) is 8.42. The van der Waals surface area contributed by atoms with E-state index in [4.69, 9.17) is 23.3 Å². The van der Waals surface area contributed by atoms with Crippen LogP contribution >= 0.6 is 7.82 Å². The summed E-state index contributed by atoms with van der Waals surface area (Å²) in [6, 6.07) is 0. The van der Waals surface area contributed by atoms with Crippen LogP contribution in [-0.4, -0.2) is 66.5 Å². The fraction of sp³-hybridized carbons (Fsp3) is 0.776. The number of unbranched alkanes of at least 4 members (excludes halogenated alkanes) is 25. The molecule has 11 nitrogen and oxygen atoms in total.